The lowest BCUT2D eigenvalue weighted by Gasteiger charge is -2.33. The van der Waals surface area contributed by atoms with Gasteiger partial charge in [-0.05, 0) is 61.4 Å². The van der Waals surface area contributed by atoms with Crippen LogP contribution >= 0.6 is 0 Å². The molecule has 0 N–H and O–H groups in total. The molecule has 0 atom stereocenters. The Morgan fingerprint density at radius 2 is 1.00 bits per heavy atom. The van der Waals surface area contributed by atoms with Gasteiger partial charge in [0.25, 0.3) is 0 Å². The Balaban J connectivity index is 1.78. The largest absolute Gasteiger partial charge is 0.243 e. The van der Waals surface area contributed by atoms with E-state index < -0.39 is 31.7 Å². The lowest BCUT2D eigenvalue weighted by molar-refractivity contribution is 0.273. The van der Waals surface area contributed by atoms with Gasteiger partial charge < -0.3 is 0 Å². The van der Waals surface area contributed by atoms with Crippen molar-refractivity contribution in [2.24, 2.45) is 0 Å². The lowest BCUT2D eigenvalue weighted by atomic mass is 10.2. The van der Waals surface area contributed by atoms with Crippen LogP contribution in [0.4, 0.5) is 8.78 Å². The van der Waals surface area contributed by atoms with Gasteiger partial charge in [-0.15, -0.1) is 0 Å². The highest BCUT2D eigenvalue weighted by Crippen LogP contribution is 2.24. The third kappa shape index (κ3) is 3.82. The highest BCUT2D eigenvalue weighted by molar-refractivity contribution is 7.89. The van der Waals surface area contributed by atoms with Crippen LogP contribution in [0.25, 0.3) is 0 Å². The molecular formula is C18H20F2N2O4S2. The van der Waals surface area contributed by atoms with Crippen molar-refractivity contribution in [3.63, 3.8) is 0 Å². The van der Waals surface area contributed by atoms with Crippen LogP contribution in [-0.2, 0) is 20.0 Å². The summed E-state index contributed by atoms with van der Waals surface area (Å²) in [5.74, 6) is -0.992. The average molecular weight is 430 g/mol. The molecule has 1 aliphatic rings. The fraction of sp³-hybridized carbons (Fsp3) is 0.333. The molecule has 2 aromatic rings. The lowest BCUT2D eigenvalue weighted by Crippen LogP contribution is -2.50. The molecule has 0 aliphatic carbocycles. The summed E-state index contributed by atoms with van der Waals surface area (Å²) in [7, 11) is -7.70. The maximum atomic E-state index is 13.4. The second-order valence-corrected chi connectivity index (χ2v) is 10.5. The third-order valence-electron chi connectivity index (χ3n) is 4.73. The maximum absolute atomic E-state index is 13.4. The van der Waals surface area contributed by atoms with Crippen molar-refractivity contribution in [2.75, 3.05) is 26.2 Å². The quantitative estimate of drug-likeness (QED) is 0.746. The van der Waals surface area contributed by atoms with Crippen LogP contribution in [0.5, 0.6) is 0 Å². The first kappa shape index (κ1) is 20.8. The number of rotatable bonds is 4. The Morgan fingerprint density at radius 3 is 1.29 bits per heavy atom. The van der Waals surface area contributed by atoms with Crippen molar-refractivity contribution < 1.29 is 25.6 Å². The molecule has 1 fully saturated rings. The first-order valence-corrected chi connectivity index (χ1v) is 11.4. The van der Waals surface area contributed by atoms with E-state index >= 15 is 0 Å². The van der Waals surface area contributed by atoms with Gasteiger partial charge in [0, 0.05) is 26.2 Å². The zero-order valence-electron chi connectivity index (χ0n) is 15.4. The van der Waals surface area contributed by atoms with Crippen LogP contribution in [0.3, 0.4) is 0 Å². The maximum Gasteiger partial charge on any atom is 0.243 e. The predicted molar refractivity (Wildman–Crippen MR) is 99.8 cm³/mol. The minimum Gasteiger partial charge on any atom is -0.207 e. The molecule has 0 aromatic heterocycles. The van der Waals surface area contributed by atoms with Gasteiger partial charge in [0.2, 0.25) is 20.0 Å². The predicted octanol–water partition coefficient (Wildman–Crippen LogP) is 2.28. The molecule has 0 spiro atoms. The number of sulfonamides is 2. The number of piperazine rings is 1. The summed E-state index contributed by atoms with van der Waals surface area (Å²) in [5.41, 5.74) is 0.433. The number of nitrogens with zero attached hydrogens (tertiary/aromatic N) is 2. The van der Waals surface area contributed by atoms with Gasteiger partial charge in [0.05, 0.1) is 9.79 Å². The van der Waals surface area contributed by atoms with Gasteiger partial charge in [0.1, 0.15) is 11.6 Å². The van der Waals surface area contributed by atoms with Crippen LogP contribution in [0, 0.1) is 25.5 Å². The number of halogens is 2. The SMILES string of the molecule is Cc1cc(S(=O)(=O)N2CCN(S(=O)(=O)c3ccc(F)c(C)c3)CC2)ccc1F. The third-order valence-corrected chi connectivity index (χ3v) is 8.52. The van der Waals surface area contributed by atoms with Gasteiger partial charge in [-0.2, -0.15) is 8.61 Å². The van der Waals surface area contributed by atoms with Crippen LogP contribution in [0.15, 0.2) is 46.2 Å². The highest BCUT2D eigenvalue weighted by atomic mass is 32.2. The van der Waals surface area contributed by atoms with Crippen molar-refractivity contribution >= 4 is 20.0 Å². The van der Waals surface area contributed by atoms with E-state index in [0.29, 0.717) is 0 Å². The second-order valence-electron chi connectivity index (χ2n) is 6.63. The van der Waals surface area contributed by atoms with E-state index in [1.165, 1.54) is 46.7 Å². The van der Waals surface area contributed by atoms with Crippen molar-refractivity contribution in [2.45, 2.75) is 23.6 Å². The fourth-order valence-electron chi connectivity index (χ4n) is 3.00. The van der Waals surface area contributed by atoms with E-state index in [-0.39, 0.29) is 47.1 Å². The number of hydrogen-bond donors (Lipinski definition) is 0. The summed E-state index contributed by atoms with van der Waals surface area (Å²) in [4.78, 5) is -0.0614. The van der Waals surface area contributed by atoms with Crippen LogP contribution in [0.1, 0.15) is 11.1 Å². The van der Waals surface area contributed by atoms with E-state index in [1.54, 1.807) is 0 Å². The Kier molecular flexibility index (Phi) is 5.59. The van der Waals surface area contributed by atoms with Crippen LogP contribution in [0.2, 0.25) is 0 Å². The van der Waals surface area contributed by atoms with E-state index in [1.807, 2.05) is 0 Å². The minimum atomic E-state index is -3.85. The normalized spacial score (nSPS) is 17.0. The number of benzene rings is 2. The molecule has 2 aromatic carbocycles. The van der Waals surface area contributed by atoms with Crippen molar-refractivity contribution in [1.82, 2.24) is 8.61 Å². The summed E-state index contributed by atoms with van der Waals surface area (Å²) >= 11 is 0. The first-order chi connectivity index (χ1) is 13.0. The summed E-state index contributed by atoms with van der Waals surface area (Å²) in [6, 6.07) is 7.11. The summed E-state index contributed by atoms with van der Waals surface area (Å²) in [6.07, 6.45) is 0. The Morgan fingerprint density at radius 1 is 0.679 bits per heavy atom. The number of aryl methyl sites for hydroxylation is 2. The van der Waals surface area contributed by atoms with E-state index in [0.717, 1.165) is 12.1 Å². The van der Waals surface area contributed by atoms with Crippen LogP contribution in [-0.4, -0.2) is 51.6 Å². The molecule has 0 unspecified atom stereocenters. The summed E-state index contributed by atoms with van der Waals surface area (Å²) in [6.45, 7) is 2.83. The van der Waals surface area contributed by atoms with E-state index in [4.69, 9.17) is 0 Å². The van der Waals surface area contributed by atoms with E-state index in [9.17, 15) is 25.6 Å². The first-order valence-electron chi connectivity index (χ1n) is 8.56. The molecule has 1 aliphatic heterocycles. The van der Waals surface area contributed by atoms with Crippen molar-refractivity contribution in [3.8, 4) is 0 Å². The topological polar surface area (TPSA) is 74.8 Å². The van der Waals surface area contributed by atoms with Gasteiger partial charge >= 0.3 is 0 Å². The molecule has 0 amide bonds. The van der Waals surface area contributed by atoms with Gasteiger partial charge in [-0.3, -0.25) is 0 Å². The van der Waals surface area contributed by atoms with Gasteiger partial charge in [0.15, 0.2) is 0 Å². The Labute approximate surface area is 163 Å². The molecule has 10 heteroatoms. The number of hydrogen-bond acceptors (Lipinski definition) is 4. The molecule has 1 saturated heterocycles. The minimum absolute atomic E-state index is 0.0296. The molecule has 3 rings (SSSR count). The standard InChI is InChI=1S/C18H20F2N2O4S2/c1-13-11-15(3-5-17(13)19)27(23,24)21-7-9-22(10-8-21)28(25,26)16-4-6-18(20)14(2)12-16/h3-6,11-12H,7-10H2,1-2H3. The zero-order chi connectivity index (χ0) is 20.7. The molecule has 28 heavy (non-hydrogen) atoms. The second kappa shape index (κ2) is 7.51. The van der Waals surface area contributed by atoms with Gasteiger partial charge in [-0.25, -0.2) is 25.6 Å². The fourth-order valence-corrected chi connectivity index (χ4v) is 6.02. The Bertz CT molecular complexity index is 1020. The molecule has 152 valence electrons. The Hall–Kier alpha value is -1.88. The summed E-state index contributed by atoms with van der Waals surface area (Å²) in [5, 5.41) is 0. The average Bonchev–Trinajstić information content (AvgIpc) is 2.66. The van der Waals surface area contributed by atoms with E-state index in [2.05, 4.69) is 0 Å². The smallest absolute Gasteiger partial charge is 0.207 e. The molecule has 1 heterocycles. The highest BCUT2D eigenvalue weighted by Gasteiger charge is 2.34. The van der Waals surface area contributed by atoms with Gasteiger partial charge in [-0.1, -0.05) is 0 Å². The molecule has 0 saturated carbocycles. The monoisotopic (exact) mass is 430 g/mol. The van der Waals surface area contributed by atoms with Crippen molar-refractivity contribution in [1.29, 1.82) is 0 Å². The molecule has 6 nitrogen and oxygen atoms in total. The molecule has 0 radical (unpaired) electrons. The van der Waals surface area contributed by atoms with Crippen molar-refractivity contribution in [3.05, 3.63) is 59.2 Å². The van der Waals surface area contributed by atoms with Crippen LogP contribution < -0.4 is 0 Å². The summed E-state index contributed by atoms with van der Waals surface area (Å²) < 4.78 is 80.2. The zero-order valence-corrected chi connectivity index (χ0v) is 17.0. The molecule has 0 bridgehead atoms. The molecular weight excluding hydrogens is 410 g/mol.